The number of nitrogens with zero attached hydrogens (tertiary/aromatic N) is 1. The van der Waals surface area contributed by atoms with Gasteiger partial charge in [0.25, 0.3) is 0 Å². The van der Waals surface area contributed by atoms with Crippen LogP contribution in [0.1, 0.15) is 19.3 Å². The molecule has 1 aromatic carbocycles. The van der Waals surface area contributed by atoms with E-state index in [1.165, 1.54) is 12.1 Å². The Kier molecular flexibility index (Phi) is 4.24. The Hall–Kier alpha value is -1.67. The van der Waals surface area contributed by atoms with Crippen LogP contribution < -0.4 is 10.5 Å². The Labute approximate surface area is 116 Å². The lowest BCUT2D eigenvalue weighted by molar-refractivity contribution is 0.312. The van der Waals surface area contributed by atoms with E-state index in [-0.39, 0.29) is 16.6 Å². The Bertz CT molecular complexity index is 601. The van der Waals surface area contributed by atoms with E-state index in [0.717, 1.165) is 18.6 Å². The average Bonchev–Trinajstić information content (AvgIpc) is 2.85. The van der Waals surface area contributed by atoms with Crippen LogP contribution in [0.5, 0.6) is 0 Å². The minimum Gasteiger partial charge on any atom is -0.409 e. The first-order valence-electron chi connectivity index (χ1n) is 6.19. The first-order valence-corrected chi connectivity index (χ1v) is 7.67. The smallest absolute Gasteiger partial charge is 0.240 e. The number of nitrogens with one attached hydrogen (secondary N) is 1. The summed E-state index contributed by atoms with van der Waals surface area (Å²) >= 11 is 0. The van der Waals surface area contributed by atoms with E-state index in [9.17, 15) is 12.8 Å². The highest BCUT2D eigenvalue weighted by Crippen LogP contribution is 2.27. The van der Waals surface area contributed by atoms with Crippen molar-refractivity contribution in [1.82, 2.24) is 4.72 Å². The van der Waals surface area contributed by atoms with E-state index in [1.807, 2.05) is 0 Å². The second kappa shape index (κ2) is 5.76. The van der Waals surface area contributed by atoms with Crippen LogP contribution in [-0.2, 0) is 10.0 Å². The van der Waals surface area contributed by atoms with Gasteiger partial charge in [0.05, 0.1) is 4.90 Å². The van der Waals surface area contributed by atoms with Crippen molar-refractivity contribution in [2.75, 3.05) is 0 Å². The van der Waals surface area contributed by atoms with Crippen LogP contribution in [-0.4, -0.2) is 25.5 Å². The van der Waals surface area contributed by atoms with Crippen LogP contribution in [0.25, 0.3) is 0 Å². The summed E-state index contributed by atoms with van der Waals surface area (Å²) < 4.78 is 39.7. The predicted molar refractivity (Wildman–Crippen MR) is 71.3 cm³/mol. The second-order valence-corrected chi connectivity index (χ2v) is 6.46. The van der Waals surface area contributed by atoms with Crippen LogP contribution in [0.3, 0.4) is 0 Å². The monoisotopic (exact) mass is 301 g/mol. The van der Waals surface area contributed by atoms with Crippen molar-refractivity contribution in [1.29, 1.82) is 0 Å². The van der Waals surface area contributed by atoms with Gasteiger partial charge in [-0.25, -0.2) is 17.5 Å². The summed E-state index contributed by atoms with van der Waals surface area (Å²) in [6, 6.07) is 4.16. The third kappa shape index (κ3) is 3.07. The second-order valence-electron chi connectivity index (χ2n) is 4.74. The largest absolute Gasteiger partial charge is 0.409 e. The van der Waals surface area contributed by atoms with Crippen LogP contribution >= 0.6 is 0 Å². The van der Waals surface area contributed by atoms with Gasteiger partial charge in [0, 0.05) is 12.0 Å². The molecule has 110 valence electrons. The van der Waals surface area contributed by atoms with Gasteiger partial charge in [-0.05, 0) is 37.1 Å². The van der Waals surface area contributed by atoms with Gasteiger partial charge in [0.1, 0.15) is 11.7 Å². The number of hydrogen-bond acceptors (Lipinski definition) is 4. The summed E-state index contributed by atoms with van der Waals surface area (Å²) in [5.74, 6) is -0.802. The van der Waals surface area contributed by atoms with Crippen molar-refractivity contribution >= 4 is 15.9 Å². The van der Waals surface area contributed by atoms with E-state index in [1.54, 1.807) is 0 Å². The summed E-state index contributed by atoms with van der Waals surface area (Å²) in [7, 11) is -3.74. The molecule has 8 heteroatoms. The Morgan fingerprint density at radius 2 is 2.00 bits per heavy atom. The van der Waals surface area contributed by atoms with Crippen LogP contribution in [0, 0.1) is 11.7 Å². The molecule has 4 N–H and O–H groups in total. The number of hydrogen-bond donors (Lipinski definition) is 3. The Morgan fingerprint density at radius 3 is 2.60 bits per heavy atom. The number of sulfonamides is 1. The molecule has 2 rings (SSSR count). The molecule has 1 saturated carbocycles. The molecule has 1 aliphatic rings. The zero-order chi connectivity index (χ0) is 14.8. The van der Waals surface area contributed by atoms with Gasteiger partial charge in [-0.3, -0.25) is 0 Å². The molecule has 2 atom stereocenters. The minimum absolute atomic E-state index is 0.0101. The number of halogens is 1. The summed E-state index contributed by atoms with van der Waals surface area (Å²) in [5, 5.41) is 11.6. The molecular weight excluding hydrogens is 285 g/mol. The van der Waals surface area contributed by atoms with Gasteiger partial charge in [-0.1, -0.05) is 11.6 Å². The molecule has 0 heterocycles. The van der Waals surface area contributed by atoms with Crippen molar-refractivity contribution in [3.05, 3.63) is 30.1 Å². The van der Waals surface area contributed by atoms with Crippen molar-refractivity contribution in [3.63, 3.8) is 0 Å². The minimum atomic E-state index is -3.74. The van der Waals surface area contributed by atoms with E-state index in [2.05, 4.69) is 9.88 Å². The summed E-state index contributed by atoms with van der Waals surface area (Å²) in [5.41, 5.74) is 5.56. The number of rotatable bonds is 4. The maximum atomic E-state index is 12.8. The predicted octanol–water partition coefficient (Wildman–Crippen LogP) is 1.02. The Balaban J connectivity index is 2.18. The summed E-state index contributed by atoms with van der Waals surface area (Å²) in [4.78, 5) is -0.0101. The molecule has 1 fully saturated rings. The number of nitrogens with two attached hydrogens (primary N) is 1. The summed E-state index contributed by atoms with van der Waals surface area (Å²) in [6.45, 7) is 0. The molecule has 0 aliphatic heterocycles. The van der Waals surface area contributed by atoms with Crippen LogP contribution in [0.15, 0.2) is 34.3 Å². The van der Waals surface area contributed by atoms with Crippen molar-refractivity contribution in [2.45, 2.75) is 30.2 Å². The Morgan fingerprint density at radius 1 is 1.35 bits per heavy atom. The molecule has 0 aromatic heterocycles. The SMILES string of the molecule is NC(=NO)C1CCCC1NS(=O)(=O)c1ccc(F)cc1. The first kappa shape index (κ1) is 14.7. The topological polar surface area (TPSA) is 105 Å². The van der Waals surface area contributed by atoms with E-state index >= 15 is 0 Å². The van der Waals surface area contributed by atoms with Gasteiger partial charge in [0.15, 0.2) is 0 Å². The van der Waals surface area contributed by atoms with E-state index < -0.39 is 21.9 Å². The zero-order valence-electron chi connectivity index (χ0n) is 10.7. The molecule has 1 aliphatic carbocycles. The maximum Gasteiger partial charge on any atom is 0.240 e. The molecule has 0 radical (unpaired) electrons. The molecule has 20 heavy (non-hydrogen) atoms. The number of benzene rings is 1. The first-order chi connectivity index (χ1) is 9.44. The fourth-order valence-corrected chi connectivity index (χ4v) is 3.72. The average molecular weight is 301 g/mol. The lowest BCUT2D eigenvalue weighted by Crippen LogP contribution is -2.42. The highest BCUT2D eigenvalue weighted by molar-refractivity contribution is 7.89. The molecule has 2 unspecified atom stereocenters. The zero-order valence-corrected chi connectivity index (χ0v) is 11.5. The van der Waals surface area contributed by atoms with Crippen molar-refractivity contribution in [3.8, 4) is 0 Å². The molecule has 0 spiro atoms. The number of oxime groups is 1. The molecule has 0 amide bonds. The molecule has 6 nitrogen and oxygen atoms in total. The molecule has 0 bridgehead atoms. The number of amidine groups is 1. The van der Waals surface area contributed by atoms with Gasteiger partial charge in [-0.2, -0.15) is 0 Å². The van der Waals surface area contributed by atoms with Gasteiger partial charge >= 0.3 is 0 Å². The summed E-state index contributed by atoms with van der Waals surface area (Å²) in [6.07, 6.45) is 2.06. The highest BCUT2D eigenvalue weighted by atomic mass is 32.2. The van der Waals surface area contributed by atoms with Crippen LogP contribution in [0.4, 0.5) is 4.39 Å². The van der Waals surface area contributed by atoms with Crippen molar-refractivity contribution in [2.24, 2.45) is 16.8 Å². The third-order valence-electron chi connectivity index (χ3n) is 3.44. The fourth-order valence-electron chi connectivity index (χ4n) is 2.41. The third-order valence-corrected chi connectivity index (χ3v) is 4.95. The van der Waals surface area contributed by atoms with Crippen molar-refractivity contribution < 1.29 is 18.0 Å². The molecule has 1 aromatic rings. The highest BCUT2D eigenvalue weighted by Gasteiger charge is 2.33. The lowest BCUT2D eigenvalue weighted by atomic mass is 10.0. The van der Waals surface area contributed by atoms with Gasteiger partial charge < -0.3 is 10.9 Å². The lowest BCUT2D eigenvalue weighted by Gasteiger charge is -2.19. The fraction of sp³-hybridized carbons (Fsp3) is 0.417. The molecular formula is C12H16FN3O3S. The van der Waals surface area contributed by atoms with E-state index in [4.69, 9.17) is 10.9 Å². The quantitative estimate of drug-likeness (QED) is 0.334. The normalized spacial score (nSPS) is 23.9. The van der Waals surface area contributed by atoms with Gasteiger partial charge in [-0.15, -0.1) is 0 Å². The maximum absolute atomic E-state index is 12.8. The van der Waals surface area contributed by atoms with E-state index in [0.29, 0.717) is 12.8 Å². The van der Waals surface area contributed by atoms with Crippen LogP contribution in [0.2, 0.25) is 0 Å². The van der Waals surface area contributed by atoms with Gasteiger partial charge in [0.2, 0.25) is 10.0 Å². The standard InChI is InChI=1S/C12H16FN3O3S/c13-8-4-6-9(7-5-8)20(18,19)16-11-3-1-2-10(11)12(14)15-17/h4-7,10-11,16-17H,1-3H2,(H2,14,15). The molecule has 0 saturated heterocycles.